The number of carbonyl (C=O) groups excluding carboxylic acids is 1. The van der Waals surface area contributed by atoms with Gasteiger partial charge < -0.3 is 9.32 Å². The molecule has 4 aromatic rings. The monoisotopic (exact) mass is 430 g/mol. The standard InChI is InChI=1S/C25H22N2O3S/c1-16-21(28)19-10-5-11-20(23(19)30-22(16)17-7-3-2-4-8-17)25(29)27-13-6-9-18(15-27)24-26-12-14-31-24/h2-5,7-8,10-12,14,18H,6,9,13,15H2,1H3. The lowest BCUT2D eigenvalue weighted by Crippen LogP contribution is -2.39. The van der Waals surface area contributed by atoms with Crippen molar-refractivity contribution in [1.82, 2.24) is 9.88 Å². The van der Waals surface area contributed by atoms with Crippen LogP contribution in [0, 0.1) is 6.92 Å². The van der Waals surface area contributed by atoms with Crippen LogP contribution in [-0.2, 0) is 0 Å². The Morgan fingerprint density at radius 3 is 2.77 bits per heavy atom. The molecule has 1 atom stereocenters. The Bertz CT molecular complexity index is 1300. The highest BCUT2D eigenvalue weighted by molar-refractivity contribution is 7.09. The second-order valence-electron chi connectivity index (χ2n) is 7.89. The van der Waals surface area contributed by atoms with E-state index in [1.807, 2.05) is 46.8 Å². The SMILES string of the molecule is Cc1c(-c2ccccc2)oc2c(C(=O)N3CCCC(c4nccs4)C3)cccc2c1=O. The highest BCUT2D eigenvalue weighted by atomic mass is 32.1. The van der Waals surface area contributed by atoms with E-state index in [2.05, 4.69) is 4.98 Å². The van der Waals surface area contributed by atoms with Crippen LogP contribution in [0.1, 0.15) is 39.7 Å². The van der Waals surface area contributed by atoms with Gasteiger partial charge in [0.1, 0.15) is 5.76 Å². The minimum Gasteiger partial charge on any atom is -0.455 e. The Balaban J connectivity index is 1.57. The number of thiazole rings is 1. The number of hydrogen-bond acceptors (Lipinski definition) is 5. The van der Waals surface area contributed by atoms with Gasteiger partial charge in [0.05, 0.1) is 16.0 Å². The molecule has 0 spiro atoms. The van der Waals surface area contributed by atoms with Gasteiger partial charge in [0.25, 0.3) is 5.91 Å². The molecule has 0 aliphatic carbocycles. The van der Waals surface area contributed by atoms with E-state index in [4.69, 9.17) is 4.42 Å². The van der Waals surface area contributed by atoms with E-state index in [0.717, 1.165) is 23.4 Å². The number of nitrogens with zero attached hydrogens (tertiary/aromatic N) is 2. The number of para-hydroxylation sites is 1. The summed E-state index contributed by atoms with van der Waals surface area (Å²) in [5.41, 5.74) is 2.06. The molecule has 1 saturated heterocycles. The number of aromatic nitrogens is 1. The topological polar surface area (TPSA) is 63.4 Å². The van der Waals surface area contributed by atoms with E-state index < -0.39 is 0 Å². The van der Waals surface area contributed by atoms with Gasteiger partial charge in [0.15, 0.2) is 11.0 Å². The van der Waals surface area contributed by atoms with Crippen LogP contribution in [0.25, 0.3) is 22.3 Å². The zero-order valence-corrected chi connectivity index (χ0v) is 18.0. The first-order valence-electron chi connectivity index (χ1n) is 10.4. The fraction of sp³-hybridized carbons (Fsp3) is 0.240. The van der Waals surface area contributed by atoms with Gasteiger partial charge in [-0.2, -0.15) is 0 Å². The molecule has 0 bridgehead atoms. The van der Waals surface area contributed by atoms with Gasteiger partial charge in [0, 0.05) is 41.7 Å². The molecule has 3 heterocycles. The van der Waals surface area contributed by atoms with E-state index in [1.165, 1.54) is 0 Å². The lowest BCUT2D eigenvalue weighted by molar-refractivity contribution is 0.0708. The molecule has 0 saturated carbocycles. The van der Waals surface area contributed by atoms with Gasteiger partial charge in [0.2, 0.25) is 0 Å². The van der Waals surface area contributed by atoms with Gasteiger partial charge >= 0.3 is 0 Å². The maximum absolute atomic E-state index is 13.5. The summed E-state index contributed by atoms with van der Waals surface area (Å²) in [6.07, 6.45) is 3.77. The lowest BCUT2D eigenvalue weighted by Gasteiger charge is -2.32. The van der Waals surface area contributed by atoms with Crippen LogP contribution in [0.5, 0.6) is 0 Å². The van der Waals surface area contributed by atoms with Gasteiger partial charge in [-0.05, 0) is 31.9 Å². The Morgan fingerprint density at radius 2 is 2.00 bits per heavy atom. The average Bonchev–Trinajstić information content (AvgIpc) is 3.36. The zero-order chi connectivity index (χ0) is 21.4. The van der Waals surface area contributed by atoms with Crippen molar-refractivity contribution in [3.8, 4) is 11.3 Å². The Morgan fingerprint density at radius 1 is 1.16 bits per heavy atom. The summed E-state index contributed by atoms with van der Waals surface area (Å²) >= 11 is 1.64. The van der Waals surface area contributed by atoms with Crippen LogP contribution in [0.3, 0.4) is 0 Å². The van der Waals surface area contributed by atoms with E-state index in [0.29, 0.717) is 40.9 Å². The van der Waals surface area contributed by atoms with Crippen molar-refractivity contribution in [2.24, 2.45) is 0 Å². The molecule has 1 aliphatic heterocycles. The molecule has 1 aliphatic rings. The van der Waals surface area contributed by atoms with Gasteiger partial charge in [-0.3, -0.25) is 9.59 Å². The first kappa shape index (κ1) is 19.7. The minimum absolute atomic E-state index is 0.0992. The molecular weight excluding hydrogens is 408 g/mol. The van der Waals surface area contributed by atoms with Crippen molar-refractivity contribution < 1.29 is 9.21 Å². The molecule has 156 valence electrons. The highest BCUT2D eigenvalue weighted by Gasteiger charge is 2.28. The second kappa shape index (κ2) is 8.12. The van der Waals surface area contributed by atoms with Crippen LogP contribution < -0.4 is 5.43 Å². The van der Waals surface area contributed by atoms with Crippen LogP contribution in [-0.4, -0.2) is 28.9 Å². The van der Waals surface area contributed by atoms with E-state index in [1.54, 1.807) is 36.5 Å². The molecule has 1 amide bonds. The predicted octanol–water partition coefficient (Wildman–Crippen LogP) is 5.24. The van der Waals surface area contributed by atoms with E-state index in [9.17, 15) is 9.59 Å². The largest absolute Gasteiger partial charge is 0.455 e. The van der Waals surface area contributed by atoms with Crippen molar-refractivity contribution in [1.29, 1.82) is 0 Å². The zero-order valence-electron chi connectivity index (χ0n) is 17.2. The summed E-state index contributed by atoms with van der Waals surface area (Å²) in [4.78, 5) is 32.9. The number of rotatable bonds is 3. The van der Waals surface area contributed by atoms with E-state index >= 15 is 0 Å². The molecule has 5 rings (SSSR count). The van der Waals surface area contributed by atoms with Crippen LogP contribution in [0.2, 0.25) is 0 Å². The molecule has 1 unspecified atom stereocenters. The molecule has 2 aromatic carbocycles. The van der Waals surface area contributed by atoms with Crippen LogP contribution in [0.15, 0.2) is 69.3 Å². The van der Waals surface area contributed by atoms with Crippen molar-refractivity contribution in [3.63, 3.8) is 0 Å². The smallest absolute Gasteiger partial charge is 0.257 e. The van der Waals surface area contributed by atoms with Gasteiger partial charge in [-0.1, -0.05) is 36.4 Å². The average molecular weight is 431 g/mol. The molecule has 31 heavy (non-hydrogen) atoms. The van der Waals surface area contributed by atoms with Crippen LogP contribution >= 0.6 is 11.3 Å². The number of amides is 1. The normalized spacial score (nSPS) is 16.5. The predicted molar refractivity (Wildman–Crippen MR) is 123 cm³/mol. The molecule has 1 fully saturated rings. The quantitative estimate of drug-likeness (QED) is 0.446. The maximum Gasteiger partial charge on any atom is 0.257 e. The number of benzene rings is 2. The molecule has 2 aromatic heterocycles. The molecule has 0 N–H and O–H groups in total. The summed E-state index contributed by atoms with van der Waals surface area (Å²) in [7, 11) is 0. The van der Waals surface area contributed by atoms with Crippen molar-refractivity contribution >= 4 is 28.2 Å². The van der Waals surface area contributed by atoms with Gasteiger partial charge in [-0.25, -0.2) is 4.98 Å². The fourth-order valence-corrected chi connectivity index (χ4v) is 5.08. The number of piperidine rings is 1. The third-order valence-corrected chi connectivity index (χ3v) is 6.86. The Labute approximate surface area is 184 Å². The Kier molecular flexibility index (Phi) is 5.16. The summed E-state index contributed by atoms with van der Waals surface area (Å²) in [6, 6.07) is 14.8. The summed E-state index contributed by atoms with van der Waals surface area (Å²) in [5.74, 6) is 0.664. The first-order valence-corrected chi connectivity index (χ1v) is 11.3. The highest BCUT2D eigenvalue weighted by Crippen LogP contribution is 2.31. The first-order chi connectivity index (χ1) is 15.1. The molecular formula is C25H22N2O3S. The number of hydrogen-bond donors (Lipinski definition) is 0. The van der Waals surface area contributed by atoms with Crippen molar-refractivity contribution in [2.75, 3.05) is 13.1 Å². The fourth-order valence-electron chi connectivity index (χ4n) is 4.31. The molecule has 6 heteroatoms. The number of likely N-dealkylation sites (tertiary alicyclic amines) is 1. The Hall–Kier alpha value is -3.25. The number of carbonyl (C=O) groups is 1. The van der Waals surface area contributed by atoms with Crippen molar-refractivity contribution in [2.45, 2.75) is 25.7 Å². The van der Waals surface area contributed by atoms with E-state index in [-0.39, 0.29) is 17.3 Å². The van der Waals surface area contributed by atoms with Crippen LogP contribution in [0.4, 0.5) is 0 Å². The molecule has 0 radical (unpaired) electrons. The lowest BCUT2D eigenvalue weighted by atomic mass is 9.97. The molecule has 5 nitrogen and oxygen atoms in total. The third-order valence-electron chi connectivity index (χ3n) is 5.92. The van der Waals surface area contributed by atoms with Gasteiger partial charge in [-0.15, -0.1) is 11.3 Å². The third kappa shape index (κ3) is 3.57. The van der Waals surface area contributed by atoms with Crippen molar-refractivity contribution in [3.05, 3.63) is 86.5 Å². The number of fused-ring (bicyclic) bond motifs is 1. The second-order valence-corrected chi connectivity index (χ2v) is 8.82. The summed E-state index contributed by atoms with van der Waals surface area (Å²) in [5, 5.41) is 3.49. The minimum atomic E-state index is -0.103. The summed E-state index contributed by atoms with van der Waals surface area (Å²) < 4.78 is 6.24. The maximum atomic E-state index is 13.5. The summed E-state index contributed by atoms with van der Waals surface area (Å²) in [6.45, 7) is 3.09.